The number of hydrogen-bond donors (Lipinski definition) is 0. The van der Waals surface area contributed by atoms with Crippen LogP contribution in [0.3, 0.4) is 0 Å². The van der Waals surface area contributed by atoms with Crippen molar-refractivity contribution in [2.45, 2.75) is 25.0 Å². The van der Waals surface area contributed by atoms with Gasteiger partial charge in [0.25, 0.3) is 0 Å². The van der Waals surface area contributed by atoms with Crippen LogP contribution in [0, 0.1) is 0 Å². The van der Waals surface area contributed by atoms with Gasteiger partial charge in [-0.15, -0.1) is 0 Å². The molecule has 0 saturated carbocycles. The normalized spacial score (nSPS) is 13.6. The number of carbonyl (C=O) groups excluding carboxylic acids is 1. The van der Waals surface area contributed by atoms with Gasteiger partial charge in [-0.3, -0.25) is 0 Å². The number of carboxylic acid groups (broad SMARTS) is 1. The molecule has 0 aromatic rings. The van der Waals surface area contributed by atoms with Gasteiger partial charge in [0.1, 0.15) is 0 Å². The molecule has 3 heteroatoms. The van der Waals surface area contributed by atoms with Crippen molar-refractivity contribution in [1.29, 1.82) is 0 Å². The van der Waals surface area contributed by atoms with Crippen molar-refractivity contribution in [3.8, 4) is 0 Å². The molecule has 1 unspecified atom stereocenters. The number of carboxylic acids is 1. The van der Waals surface area contributed by atoms with Gasteiger partial charge in [0, 0.05) is 6.42 Å². The predicted molar refractivity (Wildman–Crippen MR) is 42.9 cm³/mol. The fourth-order valence-corrected chi connectivity index (χ4v) is 1.90. The monoisotopic (exact) mass is 162 g/mol. The SMILES string of the molecule is CCCC(C(=O)[O-])[S+](C)C. The van der Waals surface area contributed by atoms with Crippen molar-refractivity contribution in [2.24, 2.45) is 0 Å². The van der Waals surface area contributed by atoms with Crippen LogP contribution in [0.4, 0.5) is 0 Å². The van der Waals surface area contributed by atoms with Crippen molar-refractivity contribution in [3.05, 3.63) is 0 Å². The standard InChI is InChI=1S/C7H14O2S/c1-4-5-6(7(8)9)10(2)3/h6H,4-5H2,1-3H3. The van der Waals surface area contributed by atoms with E-state index >= 15 is 0 Å². The Kier molecular flexibility index (Phi) is 4.52. The van der Waals surface area contributed by atoms with Gasteiger partial charge in [0.2, 0.25) is 0 Å². The van der Waals surface area contributed by atoms with Gasteiger partial charge in [-0.2, -0.15) is 0 Å². The van der Waals surface area contributed by atoms with Crippen LogP contribution in [0.25, 0.3) is 0 Å². The molecule has 0 aromatic carbocycles. The maximum Gasteiger partial charge on any atom is 0.156 e. The predicted octanol–water partition coefficient (Wildman–Crippen LogP) is -0.217. The lowest BCUT2D eigenvalue weighted by molar-refractivity contribution is -0.305. The van der Waals surface area contributed by atoms with E-state index in [1.54, 1.807) is 0 Å². The fourth-order valence-electron chi connectivity index (χ4n) is 0.808. The molecule has 0 amide bonds. The Morgan fingerprint density at radius 3 is 2.20 bits per heavy atom. The Labute approximate surface area is 65.0 Å². The van der Waals surface area contributed by atoms with E-state index in [-0.39, 0.29) is 16.1 Å². The second-order valence-electron chi connectivity index (χ2n) is 2.48. The summed E-state index contributed by atoms with van der Waals surface area (Å²) in [5.74, 6) is -0.893. The van der Waals surface area contributed by atoms with Gasteiger partial charge in [-0.1, -0.05) is 13.3 Å². The van der Waals surface area contributed by atoms with Gasteiger partial charge >= 0.3 is 0 Å². The second kappa shape index (κ2) is 4.61. The highest BCUT2D eigenvalue weighted by Crippen LogP contribution is 2.06. The van der Waals surface area contributed by atoms with Crippen molar-refractivity contribution in [3.63, 3.8) is 0 Å². The molecule has 0 bridgehead atoms. The summed E-state index contributed by atoms with van der Waals surface area (Å²) >= 11 is 0. The zero-order chi connectivity index (χ0) is 8.15. The van der Waals surface area contributed by atoms with Crippen LogP contribution >= 0.6 is 0 Å². The van der Waals surface area contributed by atoms with Crippen LogP contribution in [0.1, 0.15) is 19.8 Å². The minimum absolute atomic E-state index is 0.0454. The van der Waals surface area contributed by atoms with Crippen LogP contribution < -0.4 is 5.11 Å². The van der Waals surface area contributed by atoms with Crippen molar-refractivity contribution in [2.75, 3.05) is 12.5 Å². The molecule has 0 rings (SSSR count). The molecule has 0 aliphatic carbocycles. The van der Waals surface area contributed by atoms with E-state index in [1.807, 2.05) is 19.4 Å². The van der Waals surface area contributed by atoms with E-state index in [4.69, 9.17) is 0 Å². The molecule has 0 aromatic heterocycles. The van der Waals surface area contributed by atoms with Crippen LogP contribution in [-0.4, -0.2) is 23.7 Å². The molecule has 0 spiro atoms. The number of rotatable bonds is 4. The quantitative estimate of drug-likeness (QED) is 0.536. The molecule has 60 valence electrons. The van der Waals surface area contributed by atoms with Gasteiger partial charge in [0.15, 0.2) is 5.25 Å². The second-order valence-corrected chi connectivity index (χ2v) is 4.80. The van der Waals surface area contributed by atoms with Crippen LogP contribution in [0.5, 0.6) is 0 Å². The molecule has 0 aliphatic rings. The lowest BCUT2D eigenvalue weighted by atomic mass is 10.2. The Morgan fingerprint density at radius 1 is 1.60 bits per heavy atom. The first kappa shape index (κ1) is 9.82. The van der Waals surface area contributed by atoms with E-state index in [1.165, 1.54) is 0 Å². The molecule has 2 nitrogen and oxygen atoms in total. The molecule has 0 heterocycles. The molecular weight excluding hydrogens is 148 g/mol. The third kappa shape index (κ3) is 3.11. The van der Waals surface area contributed by atoms with Crippen LogP contribution in [0.2, 0.25) is 0 Å². The maximum absolute atomic E-state index is 10.4. The Hall–Kier alpha value is -0.180. The Balaban J connectivity index is 3.85. The van der Waals surface area contributed by atoms with Crippen LogP contribution in [0.15, 0.2) is 0 Å². The first-order valence-corrected chi connectivity index (χ1v) is 5.47. The Bertz CT molecular complexity index is 112. The van der Waals surface area contributed by atoms with Gasteiger partial charge in [-0.05, 0) is 10.9 Å². The smallest absolute Gasteiger partial charge is 0.156 e. The molecule has 1 atom stereocenters. The minimum Gasteiger partial charge on any atom is -0.545 e. The highest BCUT2D eigenvalue weighted by molar-refractivity contribution is 7.96. The molecule has 0 radical (unpaired) electrons. The van der Waals surface area contributed by atoms with E-state index in [9.17, 15) is 9.90 Å². The third-order valence-corrected chi connectivity index (χ3v) is 2.95. The molecule has 10 heavy (non-hydrogen) atoms. The minimum atomic E-state index is -0.893. The van der Waals surface area contributed by atoms with Crippen LogP contribution in [-0.2, 0) is 15.7 Å². The lowest BCUT2D eigenvalue weighted by Crippen LogP contribution is -2.40. The van der Waals surface area contributed by atoms with Crippen molar-refractivity contribution in [1.82, 2.24) is 0 Å². The number of carbonyl (C=O) groups is 1. The molecule has 0 fully saturated rings. The zero-order valence-electron chi connectivity index (χ0n) is 6.72. The average molecular weight is 162 g/mol. The highest BCUT2D eigenvalue weighted by atomic mass is 32.2. The Morgan fingerprint density at radius 2 is 2.10 bits per heavy atom. The molecule has 0 saturated heterocycles. The summed E-state index contributed by atoms with van der Waals surface area (Å²) in [6, 6.07) is 0. The first-order valence-electron chi connectivity index (χ1n) is 3.36. The first-order chi connectivity index (χ1) is 4.59. The summed E-state index contributed by atoms with van der Waals surface area (Å²) < 4.78 is 0. The third-order valence-electron chi connectivity index (χ3n) is 1.38. The maximum atomic E-state index is 10.4. The van der Waals surface area contributed by atoms with Gasteiger partial charge < -0.3 is 9.90 Å². The summed E-state index contributed by atoms with van der Waals surface area (Å²) in [4.78, 5) is 10.4. The summed E-state index contributed by atoms with van der Waals surface area (Å²) in [5.41, 5.74) is 0. The molecule has 0 N–H and O–H groups in total. The van der Waals surface area contributed by atoms with Crippen molar-refractivity contribution >= 4 is 16.9 Å². The van der Waals surface area contributed by atoms with E-state index in [2.05, 4.69) is 0 Å². The number of aliphatic carboxylic acids is 1. The lowest BCUT2D eigenvalue weighted by Gasteiger charge is -2.12. The van der Waals surface area contributed by atoms with Gasteiger partial charge in [0.05, 0.1) is 18.5 Å². The summed E-state index contributed by atoms with van der Waals surface area (Å²) in [5, 5.41) is 10.2. The number of hydrogen-bond acceptors (Lipinski definition) is 2. The van der Waals surface area contributed by atoms with E-state index in [0.717, 1.165) is 12.8 Å². The largest absolute Gasteiger partial charge is 0.545 e. The summed E-state index contributed by atoms with van der Waals surface area (Å²) in [6.45, 7) is 1.99. The van der Waals surface area contributed by atoms with Gasteiger partial charge in [-0.25, -0.2) is 0 Å². The summed E-state index contributed by atoms with van der Waals surface area (Å²) in [7, 11) is -0.0454. The van der Waals surface area contributed by atoms with Crippen molar-refractivity contribution < 1.29 is 9.90 Å². The zero-order valence-corrected chi connectivity index (χ0v) is 7.53. The topological polar surface area (TPSA) is 40.1 Å². The van der Waals surface area contributed by atoms with E-state index < -0.39 is 5.97 Å². The average Bonchev–Trinajstić information content (AvgIpc) is 1.81. The molecular formula is C7H14O2S. The summed E-state index contributed by atoms with van der Waals surface area (Å²) in [6.07, 6.45) is 5.55. The molecule has 0 aliphatic heterocycles. The fraction of sp³-hybridized carbons (Fsp3) is 0.857. The highest BCUT2D eigenvalue weighted by Gasteiger charge is 2.20. The van der Waals surface area contributed by atoms with E-state index in [0.29, 0.717) is 0 Å².